The van der Waals surface area contributed by atoms with Crippen molar-refractivity contribution in [3.63, 3.8) is 0 Å². The Balaban J connectivity index is 1.78. The van der Waals surface area contributed by atoms with E-state index in [2.05, 4.69) is 17.4 Å². The lowest BCUT2D eigenvalue weighted by Gasteiger charge is -2.56. The van der Waals surface area contributed by atoms with Crippen LogP contribution in [0.3, 0.4) is 0 Å². The molecule has 2 aliphatic carbocycles. The maximum Gasteiger partial charge on any atom is 0.332 e. The number of piperidine rings is 1. The van der Waals surface area contributed by atoms with Gasteiger partial charge in [0.15, 0.2) is 6.10 Å². The molecular formula is C19H25NO3. The maximum absolute atomic E-state index is 11.0. The van der Waals surface area contributed by atoms with Crippen LogP contribution >= 0.6 is 0 Å². The van der Waals surface area contributed by atoms with Crippen molar-refractivity contribution < 1.29 is 15.0 Å². The van der Waals surface area contributed by atoms with E-state index >= 15 is 0 Å². The lowest BCUT2D eigenvalue weighted by atomic mass is 9.52. The molecule has 1 heterocycles. The molecule has 0 spiro atoms. The summed E-state index contributed by atoms with van der Waals surface area (Å²) in [5, 5.41) is 22.5. The highest BCUT2D eigenvalue weighted by molar-refractivity contribution is 5.72. The first-order valence-corrected chi connectivity index (χ1v) is 8.87. The Morgan fingerprint density at radius 1 is 1.35 bits per heavy atom. The number of aliphatic hydroxyl groups is 1. The van der Waals surface area contributed by atoms with Gasteiger partial charge < -0.3 is 15.5 Å². The van der Waals surface area contributed by atoms with Crippen LogP contribution in [0.1, 0.15) is 48.8 Å². The van der Waals surface area contributed by atoms with Crippen LogP contribution in [0.5, 0.6) is 0 Å². The van der Waals surface area contributed by atoms with Gasteiger partial charge in [0.05, 0.1) is 0 Å². The predicted molar refractivity (Wildman–Crippen MR) is 87.5 cm³/mol. The number of fused-ring (bicyclic) bond motifs is 1. The number of aliphatic hydroxyl groups excluding tert-OH is 1. The number of hydrogen-bond acceptors (Lipinski definition) is 3. The predicted octanol–water partition coefficient (Wildman–Crippen LogP) is 2.02. The van der Waals surface area contributed by atoms with E-state index in [-0.39, 0.29) is 11.8 Å². The molecule has 0 radical (unpaired) electrons. The fraction of sp³-hybridized carbons (Fsp3) is 0.632. The van der Waals surface area contributed by atoms with Gasteiger partial charge in [-0.15, -0.1) is 0 Å². The molecule has 124 valence electrons. The average molecular weight is 315 g/mol. The van der Waals surface area contributed by atoms with E-state index in [1.165, 1.54) is 43.2 Å². The molecule has 0 aromatic heterocycles. The Hall–Kier alpha value is -1.39. The van der Waals surface area contributed by atoms with Crippen molar-refractivity contribution in [2.45, 2.75) is 62.5 Å². The first-order valence-electron chi connectivity index (χ1n) is 8.87. The van der Waals surface area contributed by atoms with Crippen molar-refractivity contribution in [2.24, 2.45) is 5.92 Å². The summed E-state index contributed by atoms with van der Waals surface area (Å²) in [5.41, 5.74) is 4.07. The molecule has 1 saturated carbocycles. The minimum Gasteiger partial charge on any atom is -0.479 e. The van der Waals surface area contributed by atoms with Crippen LogP contribution < -0.4 is 5.32 Å². The van der Waals surface area contributed by atoms with E-state index in [0.29, 0.717) is 6.04 Å². The van der Waals surface area contributed by atoms with E-state index in [9.17, 15) is 9.90 Å². The zero-order valence-corrected chi connectivity index (χ0v) is 13.4. The Morgan fingerprint density at radius 3 is 3.04 bits per heavy atom. The Bertz CT molecular complexity index is 625. The third kappa shape index (κ3) is 2.31. The number of carboxylic acids is 1. The summed E-state index contributed by atoms with van der Waals surface area (Å²) in [6, 6.07) is 6.84. The highest BCUT2D eigenvalue weighted by Gasteiger charge is 2.51. The summed E-state index contributed by atoms with van der Waals surface area (Å²) in [7, 11) is 0. The van der Waals surface area contributed by atoms with Crippen molar-refractivity contribution in [1.29, 1.82) is 0 Å². The van der Waals surface area contributed by atoms with E-state index in [0.717, 1.165) is 24.4 Å². The molecule has 2 bridgehead atoms. The Kier molecular flexibility index (Phi) is 3.69. The van der Waals surface area contributed by atoms with Crippen molar-refractivity contribution >= 4 is 5.97 Å². The first-order chi connectivity index (χ1) is 11.1. The number of rotatable bonds is 3. The molecular weight excluding hydrogens is 290 g/mol. The zero-order valence-electron chi connectivity index (χ0n) is 13.4. The quantitative estimate of drug-likeness (QED) is 0.798. The molecule has 0 amide bonds. The van der Waals surface area contributed by atoms with E-state index in [4.69, 9.17) is 5.11 Å². The standard InChI is InChI=1S/C19H25NO3/c21-17(18(22)23)10-12-4-3-6-14-13(12)11-16-15-5-1-2-7-19(14,15)8-9-20-16/h3-4,6,15-17,20-21H,1-2,5,7-11H2,(H,22,23)/t15-,16+,17?,19-/m0/s1. The molecule has 4 heteroatoms. The van der Waals surface area contributed by atoms with Gasteiger partial charge in [-0.2, -0.15) is 0 Å². The van der Waals surface area contributed by atoms with Crippen molar-refractivity contribution in [2.75, 3.05) is 6.54 Å². The molecule has 4 nitrogen and oxygen atoms in total. The van der Waals surface area contributed by atoms with Crippen molar-refractivity contribution in [3.8, 4) is 0 Å². The zero-order chi connectivity index (χ0) is 16.0. The number of nitrogens with one attached hydrogen (secondary N) is 1. The second-order valence-corrected chi connectivity index (χ2v) is 7.52. The van der Waals surface area contributed by atoms with Gasteiger partial charge in [-0.05, 0) is 54.8 Å². The van der Waals surface area contributed by atoms with Crippen LogP contribution in [0, 0.1) is 5.92 Å². The molecule has 3 N–H and O–H groups in total. The van der Waals surface area contributed by atoms with Crippen LogP contribution in [0.2, 0.25) is 0 Å². The first kappa shape index (κ1) is 15.2. The van der Waals surface area contributed by atoms with Crippen molar-refractivity contribution in [3.05, 3.63) is 34.9 Å². The van der Waals surface area contributed by atoms with E-state index < -0.39 is 12.1 Å². The molecule has 4 atom stereocenters. The van der Waals surface area contributed by atoms with Crippen LogP contribution in [0.4, 0.5) is 0 Å². The van der Waals surface area contributed by atoms with Gasteiger partial charge in [0.25, 0.3) is 0 Å². The minimum absolute atomic E-state index is 0.214. The van der Waals surface area contributed by atoms with E-state index in [1.807, 2.05) is 6.07 Å². The third-order valence-electron chi connectivity index (χ3n) is 6.49. The van der Waals surface area contributed by atoms with Gasteiger partial charge in [-0.1, -0.05) is 31.0 Å². The van der Waals surface area contributed by atoms with Gasteiger partial charge in [-0.25, -0.2) is 4.79 Å². The van der Waals surface area contributed by atoms with Gasteiger partial charge in [0, 0.05) is 17.9 Å². The SMILES string of the molecule is O=C(O)C(O)Cc1cccc2c1C[C@H]1NCC[C@@]23CCCC[C@@H]13. The highest BCUT2D eigenvalue weighted by Crippen LogP contribution is 2.54. The van der Waals surface area contributed by atoms with Crippen LogP contribution in [-0.2, 0) is 23.1 Å². The van der Waals surface area contributed by atoms with Gasteiger partial charge in [0.2, 0.25) is 0 Å². The molecule has 4 rings (SSSR count). The minimum atomic E-state index is -1.31. The van der Waals surface area contributed by atoms with Crippen molar-refractivity contribution in [1.82, 2.24) is 5.32 Å². The molecule has 2 fully saturated rings. The van der Waals surface area contributed by atoms with Gasteiger partial charge in [-0.3, -0.25) is 0 Å². The average Bonchev–Trinajstić information content (AvgIpc) is 2.55. The monoisotopic (exact) mass is 315 g/mol. The number of benzene rings is 1. The molecule has 3 aliphatic rings. The normalized spacial score (nSPS) is 33.4. The number of carboxylic acid groups (broad SMARTS) is 1. The second-order valence-electron chi connectivity index (χ2n) is 7.52. The number of aliphatic carboxylic acids is 1. The number of hydrogen-bond donors (Lipinski definition) is 3. The molecule has 1 aromatic rings. The van der Waals surface area contributed by atoms with Crippen LogP contribution in [-0.4, -0.2) is 34.9 Å². The lowest BCUT2D eigenvalue weighted by Crippen LogP contribution is -2.59. The van der Waals surface area contributed by atoms with Gasteiger partial charge >= 0.3 is 5.97 Å². The molecule has 1 aromatic carbocycles. The van der Waals surface area contributed by atoms with Gasteiger partial charge in [0.1, 0.15) is 0 Å². The summed E-state index contributed by atoms with van der Waals surface area (Å²) in [6.07, 6.45) is 6.26. The van der Waals surface area contributed by atoms with E-state index in [1.54, 1.807) is 0 Å². The molecule has 1 unspecified atom stereocenters. The van der Waals surface area contributed by atoms with Crippen LogP contribution in [0.15, 0.2) is 18.2 Å². The highest BCUT2D eigenvalue weighted by atomic mass is 16.4. The summed E-state index contributed by atoms with van der Waals surface area (Å²) in [4.78, 5) is 11.0. The Morgan fingerprint density at radius 2 is 2.22 bits per heavy atom. The smallest absolute Gasteiger partial charge is 0.332 e. The molecule has 1 aliphatic heterocycles. The lowest BCUT2D eigenvalue weighted by molar-refractivity contribution is -0.146. The third-order valence-corrected chi connectivity index (χ3v) is 6.49. The largest absolute Gasteiger partial charge is 0.479 e. The fourth-order valence-electron chi connectivity index (χ4n) is 5.52. The Labute approximate surface area is 136 Å². The maximum atomic E-state index is 11.0. The molecule has 23 heavy (non-hydrogen) atoms. The summed E-state index contributed by atoms with van der Waals surface area (Å²) < 4.78 is 0. The summed E-state index contributed by atoms with van der Waals surface area (Å²) in [6.45, 7) is 1.09. The topological polar surface area (TPSA) is 69.6 Å². The summed E-state index contributed by atoms with van der Waals surface area (Å²) >= 11 is 0. The second kappa shape index (κ2) is 5.60. The van der Waals surface area contributed by atoms with Crippen LogP contribution in [0.25, 0.3) is 0 Å². The number of carbonyl (C=O) groups is 1. The summed E-state index contributed by atoms with van der Waals surface area (Å²) in [5.74, 6) is -0.414. The fourth-order valence-corrected chi connectivity index (χ4v) is 5.52. The molecule has 1 saturated heterocycles.